The van der Waals surface area contributed by atoms with Crippen molar-refractivity contribution < 1.29 is 47.8 Å². The number of aliphatic hydroxyl groups is 1. The Morgan fingerprint density at radius 1 is 0.585 bits per heavy atom. The van der Waals surface area contributed by atoms with Crippen LogP contribution in [0, 0.1) is 0 Å². The smallest absolute Gasteiger partial charge is 0.472 e. The molecule has 0 rings (SSSR count). The van der Waals surface area contributed by atoms with Crippen LogP contribution < -0.4 is 5.32 Å². The molecule has 3 atom stereocenters. The van der Waals surface area contributed by atoms with E-state index < -0.39 is 57.6 Å². The van der Waals surface area contributed by atoms with Gasteiger partial charge in [-0.1, -0.05) is 161 Å². The van der Waals surface area contributed by atoms with Crippen LogP contribution in [-0.2, 0) is 32.7 Å². The fourth-order valence-electron chi connectivity index (χ4n) is 5.96. The molecule has 312 valence electrons. The number of hydrogen-bond donors (Lipinski definition) is 4. The number of rotatable bonds is 40. The summed E-state index contributed by atoms with van der Waals surface area (Å²) in [6.45, 7) is 2.57. The highest BCUT2D eigenvalue weighted by atomic mass is 31.2. The first kappa shape index (κ1) is 51.2. The Labute approximate surface area is 322 Å². The van der Waals surface area contributed by atoms with E-state index >= 15 is 0 Å². The maximum atomic E-state index is 12.2. The molecule has 0 aromatic carbocycles. The molecule has 0 heterocycles. The largest absolute Gasteiger partial charge is 0.480 e. The lowest BCUT2D eigenvalue weighted by atomic mass is 10.1. The summed E-state index contributed by atoms with van der Waals surface area (Å²) in [5.41, 5.74) is 0. The number of allylic oxidation sites excluding steroid dienone is 2. The van der Waals surface area contributed by atoms with E-state index in [-0.39, 0.29) is 12.8 Å². The Morgan fingerprint density at radius 2 is 0.981 bits per heavy atom. The van der Waals surface area contributed by atoms with Crippen molar-refractivity contribution in [2.75, 3.05) is 19.8 Å². The molecular weight excluding hydrogens is 697 g/mol. The van der Waals surface area contributed by atoms with Gasteiger partial charge >= 0.3 is 19.8 Å². The van der Waals surface area contributed by atoms with Crippen molar-refractivity contribution >= 4 is 25.7 Å². The first-order chi connectivity index (χ1) is 25.6. The summed E-state index contributed by atoms with van der Waals surface area (Å²) in [6.07, 6.45) is 35.3. The van der Waals surface area contributed by atoms with Crippen molar-refractivity contribution in [3.05, 3.63) is 12.2 Å². The van der Waals surface area contributed by atoms with E-state index in [9.17, 15) is 34.1 Å². The minimum Gasteiger partial charge on any atom is -0.480 e. The number of carboxylic acid groups (broad SMARTS) is 1. The molecule has 12 heteroatoms. The molecule has 53 heavy (non-hydrogen) atoms. The molecule has 0 aromatic heterocycles. The van der Waals surface area contributed by atoms with E-state index in [4.69, 9.17) is 13.8 Å². The number of aliphatic hydroxyl groups excluding tert-OH is 1. The standard InChI is InChI=1S/C41H78NO10P/c1-3-5-7-9-11-13-15-16-17-18-19-20-21-22-23-25-27-29-31-33-40(45)50-34-37(43)35-51-53(48,49)52-36-38(41(46)47)42-39(44)32-30-28-26-24-14-12-10-8-6-4-2/h16-17,37-38,43H,3-15,18-36H2,1-2H3,(H,42,44)(H,46,47)(H,48,49)/b17-16+. The van der Waals surface area contributed by atoms with Crippen LogP contribution in [0.25, 0.3) is 0 Å². The van der Waals surface area contributed by atoms with Gasteiger partial charge in [0.05, 0.1) is 13.2 Å². The molecular formula is C41H78NO10P. The lowest BCUT2D eigenvalue weighted by Gasteiger charge is -2.18. The van der Waals surface area contributed by atoms with Crippen molar-refractivity contribution in [3.8, 4) is 0 Å². The molecule has 0 saturated heterocycles. The third-order valence-corrected chi connectivity index (χ3v) is 10.3. The molecule has 0 aliphatic heterocycles. The zero-order valence-electron chi connectivity index (χ0n) is 33.6. The topological polar surface area (TPSA) is 169 Å². The predicted molar refractivity (Wildman–Crippen MR) is 213 cm³/mol. The van der Waals surface area contributed by atoms with Gasteiger partial charge in [0, 0.05) is 12.8 Å². The van der Waals surface area contributed by atoms with Crippen LogP contribution in [0.1, 0.15) is 200 Å². The average Bonchev–Trinajstić information content (AvgIpc) is 3.13. The highest BCUT2D eigenvalue weighted by Gasteiger charge is 2.28. The number of hydrogen-bond acceptors (Lipinski definition) is 8. The molecule has 11 nitrogen and oxygen atoms in total. The van der Waals surface area contributed by atoms with Gasteiger partial charge in [0.15, 0.2) is 6.04 Å². The molecule has 0 bridgehead atoms. The Kier molecular flexibility index (Phi) is 35.9. The lowest BCUT2D eigenvalue weighted by Crippen LogP contribution is -2.43. The minimum absolute atomic E-state index is 0.149. The van der Waals surface area contributed by atoms with Gasteiger partial charge < -0.3 is 25.2 Å². The number of phosphoric acid groups is 1. The second-order valence-electron chi connectivity index (χ2n) is 14.5. The first-order valence-electron chi connectivity index (χ1n) is 21.2. The number of esters is 1. The summed E-state index contributed by atoms with van der Waals surface area (Å²) in [7, 11) is -4.74. The molecule has 4 N–H and O–H groups in total. The lowest BCUT2D eigenvalue weighted by molar-refractivity contribution is -0.147. The number of unbranched alkanes of at least 4 members (excludes halogenated alkanes) is 24. The van der Waals surface area contributed by atoms with Gasteiger partial charge in [-0.05, 0) is 38.5 Å². The van der Waals surface area contributed by atoms with Crippen LogP contribution in [0.15, 0.2) is 12.2 Å². The first-order valence-corrected chi connectivity index (χ1v) is 22.7. The quantitative estimate of drug-likeness (QED) is 0.0203. The molecule has 0 spiro atoms. The van der Waals surface area contributed by atoms with E-state index in [1.807, 2.05) is 0 Å². The van der Waals surface area contributed by atoms with Crippen molar-refractivity contribution in [1.29, 1.82) is 0 Å². The molecule has 0 fully saturated rings. The summed E-state index contributed by atoms with van der Waals surface area (Å²) in [6, 6.07) is -1.54. The molecule has 3 unspecified atom stereocenters. The Morgan fingerprint density at radius 3 is 1.43 bits per heavy atom. The number of carbonyl (C=O) groups is 3. The fourth-order valence-corrected chi connectivity index (χ4v) is 6.73. The van der Waals surface area contributed by atoms with E-state index in [0.29, 0.717) is 12.8 Å². The number of carboxylic acids is 1. The maximum absolute atomic E-state index is 12.2. The third-order valence-electron chi connectivity index (χ3n) is 9.30. The number of nitrogens with one attached hydrogen (secondary N) is 1. The number of phosphoric ester groups is 1. The van der Waals surface area contributed by atoms with Crippen molar-refractivity contribution in [2.45, 2.75) is 212 Å². The normalized spacial score (nSPS) is 13.9. The molecule has 0 aliphatic carbocycles. The van der Waals surface area contributed by atoms with Crippen molar-refractivity contribution in [1.82, 2.24) is 5.32 Å². The summed E-state index contributed by atoms with van der Waals surface area (Å²) < 4.78 is 26.8. The van der Waals surface area contributed by atoms with Crippen molar-refractivity contribution in [3.63, 3.8) is 0 Å². The molecule has 1 amide bonds. The third kappa shape index (κ3) is 36.9. The monoisotopic (exact) mass is 776 g/mol. The van der Waals surface area contributed by atoms with Crippen molar-refractivity contribution in [2.24, 2.45) is 0 Å². The number of aliphatic carboxylic acids is 1. The van der Waals surface area contributed by atoms with E-state index in [0.717, 1.165) is 38.5 Å². The van der Waals surface area contributed by atoms with E-state index in [2.05, 4.69) is 31.3 Å². The molecule has 0 aromatic rings. The number of ether oxygens (including phenoxy) is 1. The number of carbonyl (C=O) groups excluding carboxylic acids is 2. The molecule has 0 aliphatic rings. The maximum Gasteiger partial charge on any atom is 0.472 e. The van der Waals surface area contributed by atoms with Crippen LogP contribution in [-0.4, -0.2) is 64.9 Å². The SMILES string of the molecule is CCCCCCCC/C=C/CCCCCCCCCCCC(=O)OCC(O)COP(=O)(O)OCC(NC(=O)CCCCCCCCCCCC)C(=O)O. The highest BCUT2D eigenvalue weighted by Crippen LogP contribution is 2.43. The van der Waals surface area contributed by atoms with Gasteiger partial charge in [-0.2, -0.15) is 0 Å². The Bertz CT molecular complexity index is 963. The zero-order valence-corrected chi connectivity index (χ0v) is 34.5. The second-order valence-corrected chi connectivity index (χ2v) is 16.0. The number of amides is 1. The second kappa shape index (κ2) is 37.2. The van der Waals surface area contributed by atoms with Crippen LogP contribution in [0.2, 0.25) is 0 Å². The molecule has 0 radical (unpaired) electrons. The van der Waals surface area contributed by atoms with Gasteiger partial charge in [-0.15, -0.1) is 0 Å². The van der Waals surface area contributed by atoms with E-state index in [1.165, 1.54) is 122 Å². The minimum atomic E-state index is -4.74. The van der Waals surface area contributed by atoms with E-state index in [1.54, 1.807) is 0 Å². The van der Waals surface area contributed by atoms with Gasteiger partial charge in [0.2, 0.25) is 5.91 Å². The van der Waals surface area contributed by atoms with Gasteiger partial charge in [-0.25, -0.2) is 9.36 Å². The summed E-state index contributed by atoms with van der Waals surface area (Å²) in [5, 5.41) is 21.7. The molecule has 0 saturated carbocycles. The van der Waals surface area contributed by atoms with Crippen LogP contribution in [0.5, 0.6) is 0 Å². The summed E-state index contributed by atoms with van der Waals surface area (Å²) in [5.74, 6) is -2.37. The van der Waals surface area contributed by atoms with Crippen LogP contribution >= 0.6 is 7.82 Å². The van der Waals surface area contributed by atoms with Gasteiger partial charge in [0.1, 0.15) is 12.7 Å². The Balaban J connectivity index is 3.85. The van der Waals surface area contributed by atoms with Gasteiger partial charge in [-0.3, -0.25) is 18.6 Å². The van der Waals surface area contributed by atoms with Gasteiger partial charge in [0.25, 0.3) is 0 Å². The predicted octanol–water partition coefficient (Wildman–Crippen LogP) is 10.5. The summed E-state index contributed by atoms with van der Waals surface area (Å²) in [4.78, 5) is 45.7. The summed E-state index contributed by atoms with van der Waals surface area (Å²) >= 11 is 0. The fraction of sp³-hybridized carbons (Fsp3) is 0.878. The Hall–Kier alpha value is -1.78. The average molecular weight is 776 g/mol. The van der Waals surface area contributed by atoms with Crippen LogP contribution in [0.4, 0.5) is 0 Å². The zero-order chi connectivity index (χ0) is 39.3. The van der Waals surface area contributed by atoms with Crippen LogP contribution in [0.3, 0.4) is 0 Å². The highest BCUT2D eigenvalue weighted by molar-refractivity contribution is 7.47.